The molecule has 0 aliphatic heterocycles. The predicted octanol–water partition coefficient (Wildman–Crippen LogP) is 3.97. The highest BCUT2D eigenvalue weighted by molar-refractivity contribution is 7.12. The van der Waals surface area contributed by atoms with Gasteiger partial charge in [0.15, 0.2) is 0 Å². The van der Waals surface area contributed by atoms with Gasteiger partial charge in [-0.15, -0.1) is 11.3 Å². The van der Waals surface area contributed by atoms with Crippen molar-refractivity contribution in [3.8, 4) is 11.3 Å². The van der Waals surface area contributed by atoms with Crippen molar-refractivity contribution in [3.05, 3.63) is 39.7 Å². The van der Waals surface area contributed by atoms with Gasteiger partial charge in [-0.1, -0.05) is 36.8 Å². The number of rotatable bonds is 6. The van der Waals surface area contributed by atoms with E-state index in [1.807, 2.05) is 11.3 Å². The number of benzene rings is 1. The summed E-state index contributed by atoms with van der Waals surface area (Å²) in [5.74, 6) is 0. The molecule has 0 fully saturated rings. The van der Waals surface area contributed by atoms with Crippen LogP contribution in [0.3, 0.4) is 0 Å². The molecule has 0 unspecified atom stereocenters. The minimum atomic E-state index is 1.02. The van der Waals surface area contributed by atoms with Gasteiger partial charge in [0.25, 0.3) is 0 Å². The molecule has 1 N–H and O–H groups in total. The molecular weight excluding hydrogens is 252 g/mol. The summed E-state index contributed by atoms with van der Waals surface area (Å²) < 4.78 is 0. The van der Waals surface area contributed by atoms with Crippen LogP contribution in [0.5, 0.6) is 0 Å². The van der Waals surface area contributed by atoms with Crippen molar-refractivity contribution in [2.75, 3.05) is 13.1 Å². The van der Waals surface area contributed by atoms with Gasteiger partial charge in [0, 0.05) is 23.4 Å². The van der Waals surface area contributed by atoms with Crippen LogP contribution in [0.1, 0.15) is 28.8 Å². The zero-order valence-corrected chi connectivity index (χ0v) is 12.8. The smallest absolute Gasteiger partial charge is 0.0948 e. The summed E-state index contributed by atoms with van der Waals surface area (Å²) in [6.45, 7) is 8.58. The Bertz CT molecular complexity index is 514. The second-order valence-electron chi connectivity index (χ2n) is 4.88. The molecule has 1 heterocycles. The summed E-state index contributed by atoms with van der Waals surface area (Å²) in [4.78, 5) is 6.10. The fraction of sp³-hybridized carbons (Fsp3) is 0.438. The molecule has 0 spiro atoms. The molecule has 0 radical (unpaired) electrons. The lowest BCUT2D eigenvalue weighted by molar-refractivity contribution is 0.670. The molecule has 0 atom stereocenters. The molecule has 1 aromatic carbocycles. The first-order chi connectivity index (χ1) is 9.20. The predicted molar refractivity (Wildman–Crippen MR) is 83.9 cm³/mol. The Hall–Kier alpha value is -1.19. The Kier molecular flexibility index (Phi) is 5.11. The second-order valence-corrected chi connectivity index (χ2v) is 6.17. The third-order valence-electron chi connectivity index (χ3n) is 3.11. The van der Waals surface area contributed by atoms with Crippen LogP contribution in [-0.2, 0) is 6.42 Å². The molecule has 102 valence electrons. The Morgan fingerprint density at radius 3 is 2.53 bits per heavy atom. The highest BCUT2D eigenvalue weighted by atomic mass is 32.1. The number of nitrogens with zero attached hydrogens (tertiary/aromatic N) is 1. The molecule has 2 rings (SSSR count). The third kappa shape index (κ3) is 3.88. The number of nitrogens with one attached hydrogen (secondary N) is 1. The largest absolute Gasteiger partial charge is 0.316 e. The van der Waals surface area contributed by atoms with Gasteiger partial charge in [-0.2, -0.15) is 0 Å². The highest BCUT2D eigenvalue weighted by Crippen LogP contribution is 2.27. The van der Waals surface area contributed by atoms with Crippen molar-refractivity contribution < 1.29 is 0 Å². The Balaban J connectivity index is 2.06. The fourth-order valence-corrected chi connectivity index (χ4v) is 2.99. The minimum Gasteiger partial charge on any atom is -0.316 e. The third-order valence-corrected chi connectivity index (χ3v) is 4.14. The van der Waals surface area contributed by atoms with E-state index in [2.05, 4.69) is 50.4 Å². The molecule has 3 heteroatoms. The van der Waals surface area contributed by atoms with Crippen molar-refractivity contribution in [3.63, 3.8) is 0 Å². The quantitative estimate of drug-likeness (QED) is 0.806. The van der Waals surface area contributed by atoms with Crippen molar-refractivity contribution >= 4 is 11.3 Å². The SMILES string of the molecule is CCCNCCc1nc(-c2ccc(C)cc2)c(C)s1. The maximum atomic E-state index is 4.79. The van der Waals surface area contributed by atoms with Crippen LogP contribution in [0.25, 0.3) is 11.3 Å². The Morgan fingerprint density at radius 1 is 1.11 bits per heavy atom. The molecule has 1 aromatic heterocycles. The van der Waals surface area contributed by atoms with Gasteiger partial charge in [-0.05, 0) is 26.8 Å². The van der Waals surface area contributed by atoms with E-state index in [9.17, 15) is 0 Å². The molecule has 0 saturated heterocycles. The van der Waals surface area contributed by atoms with E-state index in [1.165, 1.54) is 27.4 Å². The van der Waals surface area contributed by atoms with Gasteiger partial charge in [-0.3, -0.25) is 0 Å². The average Bonchev–Trinajstić information content (AvgIpc) is 2.77. The average molecular weight is 274 g/mol. The van der Waals surface area contributed by atoms with E-state index in [4.69, 9.17) is 4.98 Å². The lowest BCUT2D eigenvalue weighted by Gasteiger charge is -2.00. The lowest BCUT2D eigenvalue weighted by Crippen LogP contribution is -2.17. The summed E-state index contributed by atoms with van der Waals surface area (Å²) in [5, 5.41) is 4.66. The molecule has 0 bridgehead atoms. The van der Waals surface area contributed by atoms with Crippen molar-refractivity contribution in [1.29, 1.82) is 0 Å². The summed E-state index contributed by atoms with van der Waals surface area (Å²) >= 11 is 1.82. The second kappa shape index (κ2) is 6.83. The van der Waals surface area contributed by atoms with Crippen LogP contribution >= 0.6 is 11.3 Å². The maximum Gasteiger partial charge on any atom is 0.0948 e. The highest BCUT2D eigenvalue weighted by Gasteiger charge is 2.09. The zero-order valence-electron chi connectivity index (χ0n) is 12.0. The number of aromatic nitrogens is 1. The lowest BCUT2D eigenvalue weighted by atomic mass is 10.1. The van der Waals surface area contributed by atoms with Crippen LogP contribution in [-0.4, -0.2) is 18.1 Å². The number of hydrogen-bond acceptors (Lipinski definition) is 3. The number of aryl methyl sites for hydroxylation is 2. The van der Waals surface area contributed by atoms with Crippen LogP contribution in [0.15, 0.2) is 24.3 Å². The van der Waals surface area contributed by atoms with Crippen molar-refractivity contribution in [1.82, 2.24) is 10.3 Å². The van der Waals surface area contributed by atoms with Gasteiger partial charge < -0.3 is 5.32 Å². The number of hydrogen-bond donors (Lipinski definition) is 1. The zero-order chi connectivity index (χ0) is 13.7. The normalized spacial score (nSPS) is 10.9. The molecule has 19 heavy (non-hydrogen) atoms. The van der Waals surface area contributed by atoms with Crippen LogP contribution in [0, 0.1) is 13.8 Å². The van der Waals surface area contributed by atoms with E-state index in [0.29, 0.717) is 0 Å². The first-order valence-electron chi connectivity index (χ1n) is 6.94. The summed E-state index contributed by atoms with van der Waals surface area (Å²) in [6, 6.07) is 8.63. The van der Waals surface area contributed by atoms with E-state index < -0.39 is 0 Å². The number of thiazole rings is 1. The molecule has 0 amide bonds. The van der Waals surface area contributed by atoms with Crippen LogP contribution in [0.4, 0.5) is 0 Å². The fourth-order valence-electron chi connectivity index (χ4n) is 2.03. The first kappa shape index (κ1) is 14.2. The van der Waals surface area contributed by atoms with E-state index in [1.54, 1.807) is 0 Å². The van der Waals surface area contributed by atoms with Gasteiger partial charge in [0.2, 0.25) is 0 Å². The molecule has 2 aromatic rings. The molecular formula is C16H22N2S. The molecule has 0 aliphatic carbocycles. The van der Waals surface area contributed by atoms with Gasteiger partial charge in [-0.25, -0.2) is 4.98 Å². The van der Waals surface area contributed by atoms with E-state index in [-0.39, 0.29) is 0 Å². The van der Waals surface area contributed by atoms with E-state index in [0.717, 1.165) is 25.2 Å². The van der Waals surface area contributed by atoms with E-state index >= 15 is 0 Å². The van der Waals surface area contributed by atoms with Gasteiger partial charge >= 0.3 is 0 Å². The maximum absolute atomic E-state index is 4.79. The molecule has 2 nitrogen and oxygen atoms in total. The summed E-state index contributed by atoms with van der Waals surface area (Å²) in [7, 11) is 0. The molecule has 0 saturated carbocycles. The van der Waals surface area contributed by atoms with Gasteiger partial charge in [0.05, 0.1) is 10.7 Å². The van der Waals surface area contributed by atoms with Crippen molar-refractivity contribution in [2.24, 2.45) is 0 Å². The van der Waals surface area contributed by atoms with Gasteiger partial charge in [0.1, 0.15) is 0 Å². The summed E-state index contributed by atoms with van der Waals surface area (Å²) in [5.41, 5.74) is 3.67. The standard InChI is InChI=1S/C16H22N2S/c1-4-10-17-11-9-15-18-16(13(3)19-15)14-7-5-12(2)6-8-14/h5-8,17H,4,9-11H2,1-3H3. The minimum absolute atomic E-state index is 1.02. The first-order valence-corrected chi connectivity index (χ1v) is 7.76. The van der Waals surface area contributed by atoms with Crippen LogP contribution in [0.2, 0.25) is 0 Å². The monoisotopic (exact) mass is 274 g/mol. The topological polar surface area (TPSA) is 24.9 Å². The Morgan fingerprint density at radius 2 is 1.84 bits per heavy atom. The van der Waals surface area contributed by atoms with Crippen molar-refractivity contribution in [2.45, 2.75) is 33.6 Å². The Labute approximate surface area is 119 Å². The van der Waals surface area contributed by atoms with Crippen LogP contribution < -0.4 is 5.32 Å². The molecule has 0 aliphatic rings. The summed E-state index contributed by atoms with van der Waals surface area (Å²) in [6.07, 6.45) is 2.21.